The van der Waals surface area contributed by atoms with Crippen LogP contribution in [0.4, 0.5) is 17.6 Å². The lowest BCUT2D eigenvalue weighted by molar-refractivity contribution is -0.152. The lowest BCUT2D eigenvalue weighted by Crippen LogP contribution is -2.30. The second-order valence-electron chi connectivity index (χ2n) is 17.2. The van der Waals surface area contributed by atoms with E-state index in [1.165, 1.54) is 72.8 Å². The van der Waals surface area contributed by atoms with Crippen molar-refractivity contribution in [2.24, 2.45) is 11.8 Å². The van der Waals surface area contributed by atoms with Crippen LogP contribution in [0.3, 0.4) is 0 Å². The molecule has 6 rings (SSSR count). The van der Waals surface area contributed by atoms with Gasteiger partial charge in [-0.05, 0) is 146 Å². The Kier molecular flexibility index (Phi) is 19.4. The lowest BCUT2D eigenvalue weighted by atomic mass is 9.94. The number of benzene rings is 4. The molecule has 0 saturated heterocycles. The van der Waals surface area contributed by atoms with Gasteiger partial charge in [-0.2, -0.15) is 0 Å². The predicted octanol–water partition coefficient (Wildman–Crippen LogP) is 10.8. The van der Waals surface area contributed by atoms with Gasteiger partial charge in [-0.1, -0.05) is 52.0 Å². The number of rotatable bonds is 13. The first kappa shape index (κ1) is 53.1. The fraction of sp³-hybridized carbons (Fsp3) is 0.458. The summed E-state index contributed by atoms with van der Waals surface area (Å²) in [6.45, 7) is 7.82. The van der Waals surface area contributed by atoms with Crippen LogP contribution in [0.2, 0.25) is 0 Å². The van der Waals surface area contributed by atoms with Crippen LogP contribution < -0.4 is 9.47 Å². The molecule has 10 nitrogen and oxygen atoms in total. The van der Waals surface area contributed by atoms with Crippen molar-refractivity contribution in [1.82, 2.24) is 0 Å². The monoisotopic (exact) mass is 968 g/mol. The summed E-state index contributed by atoms with van der Waals surface area (Å²) in [4.78, 5) is 22.1. The quantitative estimate of drug-likeness (QED) is 0.0779. The van der Waals surface area contributed by atoms with Gasteiger partial charge in [0.2, 0.25) is 5.24 Å². The third kappa shape index (κ3) is 17.0. The van der Waals surface area contributed by atoms with E-state index in [1.54, 1.807) is 0 Å². The summed E-state index contributed by atoms with van der Waals surface area (Å²) < 4.78 is 121. The molecule has 0 heterocycles. The summed E-state index contributed by atoms with van der Waals surface area (Å²) in [7, 11) is -6.68. The molecule has 1 N–H and O–H groups in total. The molecule has 356 valence electrons. The largest absolute Gasteiger partial charge is 0.484 e. The zero-order valence-corrected chi connectivity index (χ0v) is 39.7. The molecule has 2 aliphatic carbocycles. The molecule has 2 saturated carbocycles. The van der Waals surface area contributed by atoms with E-state index in [-0.39, 0.29) is 56.9 Å². The van der Waals surface area contributed by atoms with Crippen molar-refractivity contribution in [3.05, 3.63) is 96.1 Å². The van der Waals surface area contributed by atoms with Crippen LogP contribution in [0.5, 0.6) is 11.5 Å². The van der Waals surface area contributed by atoms with Crippen LogP contribution in [-0.2, 0) is 34.0 Å². The summed E-state index contributed by atoms with van der Waals surface area (Å²) in [6, 6.07) is 16.3. The smallest absolute Gasteiger partial charge is 0.306 e. The molecule has 0 amide bonds. The maximum Gasteiger partial charge on any atom is 0.306 e. The molecule has 0 radical (unpaired) electrons. The molecule has 0 aliphatic heterocycles. The molecular weight excluding hydrogens is 912 g/mol. The summed E-state index contributed by atoms with van der Waals surface area (Å²) >= 11 is 5.03. The molecule has 2 fully saturated rings. The van der Waals surface area contributed by atoms with Crippen LogP contribution in [0.25, 0.3) is 22.3 Å². The number of aliphatic hydroxyl groups is 1. The van der Waals surface area contributed by atoms with Gasteiger partial charge in [-0.3, -0.25) is 9.59 Å². The SMILES string of the molecule is CC(C)CC(=O)Cl.CC(C)CC(=O)OC1CCC(Oc2c(F)cc(-c3ccc(S(C)(=O)=O)cc3)cc2F)CC1.CS(=O)(=O)c1ccc(-c2cc(F)c(OC3CCC(O)CC3)c(F)c2)cc1. The van der Waals surface area contributed by atoms with Gasteiger partial charge in [0, 0.05) is 25.4 Å². The summed E-state index contributed by atoms with van der Waals surface area (Å²) in [5.74, 6) is -3.70. The number of sulfone groups is 2. The zero-order chi connectivity index (χ0) is 48.2. The van der Waals surface area contributed by atoms with Crippen LogP contribution in [0.15, 0.2) is 82.6 Å². The van der Waals surface area contributed by atoms with Crippen LogP contribution in [0, 0.1) is 35.1 Å². The number of aliphatic hydroxyl groups excluding tert-OH is 1. The van der Waals surface area contributed by atoms with E-state index in [1.807, 2.05) is 27.7 Å². The third-order valence-electron chi connectivity index (χ3n) is 10.5. The average Bonchev–Trinajstić information content (AvgIpc) is 3.21. The molecule has 0 aromatic heterocycles. The normalized spacial score (nSPS) is 18.7. The molecule has 0 unspecified atom stereocenters. The Hall–Kier alpha value is -4.51. The average molecular weight is 970 g/mol. The van der Waals surface area contributed by atoms with Crippen LogP contribution in [0.1, 0.15) is 91.9 Å². The zero-order valence-electron chi connectivity index (χ0n) is 37.3. The van der Waals surface area contributed by atoms with Gasteiger partial charge in [0.25, 0.3) is 0 Å². The number of halogens is 5. The van der Waals surface area contributed by atoms with Crippen molar-refractivity contribution < 1.29 is 63.3 Å². The Morgan fingerprint density at radius 2 is 0.892 bits per heavy atom. The van der Waals surface area contributed by atoms with E-state index >= 15 is 0 Å². The van der Waals surface area contributed by atoms with E-state index in [4.69, 9.17) is 25.8 Å². The first-order valence-electron chi connectivity index (χ1n) is 21.4. The molecular formula is C48H57ClF4O10S2. The summed E-state index contributed by atoms with van der Waals surface area (Å²) in [6.07, 6.45) is 6.26. The topological polar surface area (TPSA) is 150 Å². The minimum Gasteiger partial charge on any atom is -0.484 e. The maximum atomic E-state index is 14.7. The maximum absolute atomic E-state index is 14.7. The van der Waals surface area contributed by atoms with E-state index in [0.29, 0.717) is 86.8 Å². The van der Waals surface area contributed by atoms with Gasteiger partial charge in [-0.25, -0.2) is 34.4 Å². The number of hydrogen-bond donors (Lipinski definition) is 1. The number of esters is 1. The van der Waals surface area contributed by atoms with Gasteiger partial charge in [0.05, 0.1) is 28.1 Å². The highest BCUT2D eigenvalue weighted by Crippen LogP contribution is 2.35. The molecule has 4 aromatic carbocycles. The second kappa shape index (κ2) is 23.8. The van der Waals surface area contributed by atoms with E-state index in [0.717, 1.165) is 12.5 Å². The Morgan fingerprint density at radius 3 is 1.18 bits per heavy atom. The Morgan fingerprint density at radius 1 is 0.569 bits per heavy atom. The van der Waals surface area contributed by atoms with Crippen molar-refractivity contribution in [2.75, 3.05) is 12.5 Å². The Labute approximate surface area is 384 Å². The molecule has 65 heavy (non-hydrogen) atoms. The van der Waals surface area contributed by atoms with Crippen molar-refractivity contribution in [2.45, 2.75) is 126 Å². The standard InChI is InChI=1S/C24H28F2O5S.C19H20F2O4S.C5H9ClO/c1-15(2)12-23(27)30-18-6-8-19(9-7-18)31-24-21(25)13-17(14-22(24)26)16-4-10-20(11-5-16)32(3,28)29;1-26(23,24)16-8-2-12(3-9-16)13-10-17(20)19(18(21)11-13)25-15-6-4-14(22)5-7-15;1-4(2)3-5(6)7/h4-5,10-11,13-15,18-19H,6-9,12H2,1-3H3;2-3,8-11,14-15,22H,4-7H2,1H3;4H,3H2,1-2H3. The Bertz CT molecular complexity index is 2400. The van der Waals surface area contributed by atoms with Crippen LogP contribution in [-0.4, -0.2) is 70.1 Å². The first-order valence-corrected chi connectivity index (χ1v) is 25.5. The Balaban J connectivity index is 0.000000252. The van der Waals surface area contributed by atoms with Gasteiger partial charge >= 0.3 is 5.97 Å². The van der Waals surface area contributed by atoms with Crippen molar-refractivity contribution in [1.29, 1.82) is 0 Å². The van der Waals surface area contributed by atoms with Gasteiger partial charge < -0.3 is 19.3 Å². The highest BCUT2D eigenvalue weighted by molar-refractivity contribution is 7.91. The highest BCUT2D eigenvalue weighted by atomic mass is 35.5. The van der Waals surface area contributed by atoms with Crippen LogP contribution >= 0.6 is 11.6 Å². The van der Waals surface area contributed by atoms with E-state index < -0.39 is 54.4 Å². The third-order valence-corrected chi connectivity index (χ3v) is 12.9. The van der Waals surface area contributed by atoms with Gasteiger partial charge in [0.1, 0.15) is 6.10 Å². The predicted molar refractivity (Wildman–Crippen MR) is 241 cm³/mol. The van der Waals surface area contributed by atoms with E-state index in [9.17, 15) is 49.1 Å². The summed E-state index contributed by atoms with van der Waals surface area (Å²) in [5, 5.41) is 9.25. The molecule has 2 aliphatic rings. The summed E-state index contributed by atoms with van der Waals surface area (Å²) in [5.41, 5.74) is 1.58. The minimum atomic E-state index is -3.35. The lowest BCUT2D eigenvalue weighted by Gasteiger charge is -2.29. The molecule has 0 spiro atoms. The van der Waals surface area contributed by atoms with Crippen molar-refractivity contribution in [3.8, 4) is 33.8 Å². The number of carbonyl (C=O) groups is 2. The fourth-order valence-corrected chi connectivity index (χ4v) is 8.69. The van der Waals surface area contributed by atoms with Gasteiger partial charge in [0.15, 0.2) is 54.4 Å². The number of hydrogen-bond acceptors (Lipinski definition) is 10. The first-order chi connectivity index (χ1) is 30.4. The molecule has 0 bridgehead atoms. The van der Waals surface area contributed by atoms with Gasteiger partial charge in [-0.15, -0.1) is 0 Å². The number of carbonyl (C=O) groups excluding carboxylic acids is 2. The second-order valence-corrected chi connectivity index (χ2v) is 21.7. The minimum absolute atomic E-state index is 0.132. The molecule has 4 aromatic rings. The van der Waals surface area contributed by atoms with Crippen molar-refractivity contribution >= 4 is 42.5 Å². The highest BCUT2D eigenvalue weighted by Gasteiger charge is 2.28. The molecule has 17 heteroatoms. The number of ether oxygens (including phenoxy) is 3. The fourth-order valence-electron chi connectivity index (χ4n) is 7.12. The van der Waals surface area contributed by atoms with E-state index in [2.05, 4.69) is 0 Å². The van der Waals surface area contributed by atoms with Crippen molar-refractivity contribution in [3.63, 3.8) is 0 Å². The molecule has 0 atom stereocenters.